The molecule has 0 atom stereocenters. The van der Waals surface area contributed by atoms with Crippen LogP contribution in [0.4, 0.5) is 10.1 Å². The Kier molecular flexibility index (Phi) is 3.87. The number of Topliss-reactive ketones (excluding diaryl/α,β-unsaturated/α-hetero) is 1. The number of hydrogen-bond donors (Lipinski definition) is 0. The van der Waals surface area contributed by atoms with E-state index in [-0.39, 0.29) is 30.5 Å². The predicted molar refractivity (Wildman–Crippen MR) is 79.6 cm³/mol. The van der Waals surface area contributed by atoms with E-state index in [1.807, 2.05) is 0 Å². The van der Waals surface area contributed by atoms with Crippen molar-refractivity contribution < 1.29 is 18.7 Å². The number of benzene rings is 2. The molecule has 0 unspecified atom stereocenters. The van der Waals surface area contributed by atoms with Gasteiger partial charge in [-0.1, -0.05) is 24.3 Å². The second kappa shape index (κ2) is 5.97. The van der Waals surface area contributed by atoms with E-state index in [0.29, 0.717) is 17.8 Å². The van der Waals surface area contributed by atoms with Crippen molar-refractivity contribution in [3.05, 3.63) is 59.9 Å². The van der Waals surface area contributed by atoms with Crippen molar-refractivity contribution in [2.75, 3.05) is 18.1 Å². The Morgan fingerprint density at radius 1 is 1.14 bits per heavy atom. The van der Waals surface area contributed by atoms with Crippen LogP contribution in [0.5, 0.6) is 5.75 Å². The van der Waals surface area contributed by atoms with Gasteiger partial charge in [0.2, 0.25) is 0 Å². The number of amides is 1. The van der Waals surface area contributed by atoms with Crippen LogP contribution in [0.15, 0.2) is 48.5 Å². The largest absolute Gasteiger partial charge is 0.481 e. The first-order chi connectivity index (χ1) is 10.7. The average Bonchev–Trinajstić information content (AvgIpc) is 2.54. The first kappa shape index (κ1) is 14.3. The van der Waals surface area contributed by atoms with E-state index in [4.69, 9.17) is 4.74 Å². The molecule has 2 aromatic carbocycles. The summed E-state index contributed by atoms with van der Waals surface area (Å²) in [7, 11) is 0. The van der Waals surface area contributed by atoms with Gasteiger partial charge in [-0.3, -0.25) is 9.59 Å². The van der Waals surface area contributed by atoms with Gasteiger partial charge in [0, 0.05) is 18.5 Å². The maximum atomic E-state index is 13.5. The van der Waals surface area contributed by atoms with Crippen molar-refractivity contribution in [3.63, 3.8) is 0 Å². The summed E-state index contributed by atoms with van der Waals surface area (Å²) >= 11 is 0. The number of carbonyl (C=O) groups is 2. The number of hydrogen-bond acceptors (Lipinski definition) is 3. The van der Waals surface area contributed by atoms with Crippen LogP contribution < -0.4 is 9.64 Å². The minimum atomic E-state index is -0.510. The van der Waals surface area contributed by atoms with Crippen molar-refractivity contribution in [3.8, 4) is 5.75 Å². The van der Waals surface area contributed by atoms with E-state index in [2.05, 4.69) is 0 Å². The van der Waals surface area contributed by atoms with Crippen LogP contribution >= 0.6 is 0 Å². The highest BCUT2D eigenvalue weighted by molar-refractivity contribution is 6.09. The number of anilines is 1. The smallest absolute Gasteiger partial charge is 0.264 e. The molecule has 2 aromatic rings. The summed E-state index contributed by atoms with van der Waals surface area (Å²) in [6.07, 6.45) is 0.280. The molecule has 22 heavy (non-hydrogen) atoms. The van der Waals surface area contributed by atoms with Crippen LogP contribution in [0.1, 0.15) is 16.8 Å². The topological polar surface area (TPSA) is 46.6 Å². The van der Waals surface area contributed by atoms with E-state index in [0.717, 1.165) is 0 Å². The van der Waals surface area contributed by atoms with Crippen molar-refractivity contribution in [1.29, 1.82) is 0 Å². The number of ketones is 1. The lowest BCUT2D eigenvalue weighted by atomic mass is 10.0. The highest BCUT2D eigenvalue weighted by atomic mass is 19.1. The normalized spacial score (nSPS) is 13.7. The summed E-state index contributed by atoms with van der Waals surface area (Å²) in [5.74, 6) is -0.750. The highest BCUT2D eigenvalue weighted by Gasteiger charge is 2.27. The Morgan fingerprint density at radius 3 is 2.68 bits per heavy atom. The zero-order valence-electron chi connectivity index (χ0n) is 11.8. The minimum Gasteiger partial charge on any atom is -0.481 e. The Balaban J connectivity index is 1.75. The van der Waals surface area contributed by atoms with Gasteiger partial charge in [0.1, 0.15) is 0 Å². The molecule has 0 saturated heterocycles. The molecule has 4 nitrogen and oxygen atoms in total. The third-order valence-electron chi connectivity index (χ3n) is 3.55. The summed E-state index contributed by atoms with van der Waals surface area (Å²) < 4.78 is 18.7. The van der Waals surface area contributed by atoms with Crippen LogP contribution in [-0.4, -0.2) is 24.8 Å². The molecule has 0 fully saturated rings. The molecule has 0 aromatic heterocycles. The van der Waals surface area contributed by atoms with E-state index in [9.17, 15) is 14.0 Å². The second-order valence-corrected chi connectivity index (χ2v) is 4.95. The van der Waals surface area contributed by atoms with Crippen molar-refractivity contribution in [2.45, 2.75) is 6.42 Å². The summed E-state index contributed by atoms with van der Waals surface area (Å²) in [6.45, 7) is 0.0404. The summed E-state index contributed by atoms with van der Waals surface area (Å²) in [5, 5.41) is 0. The zero-order chi connectivity index (χ0) is 15.5. The summed E-state index contributed by atoms with van der Waals surface area (Å²) in [4.78, 5) is 25.7. The molecule has 1 amide bonds. The lowest BCUT2D eigenvalue weighted by molar-refractivity contribution is -0.120. The van der Waals surface area contributed by atoms with E-state index >= 15 is 0 Å². The van der Waals surface area contributed by atoms with E-state index < -0.39 is 5.82 Å². The lowest BCUT2D eigenvalue weighted by Gasteiger charge is -2.28. The zero-order valence-corrected chi connectivity index (χ0v) is 11.8. The molecule has 0 aliphatic carbocycles. The molecule has 0 radical (unpaired) electrons. The third-order valence-corrected chi connectivity index (χ3v) is 3.55. The molecular weight excluding hydrogens is 285 g/mol. The standard InChI is InChI=1S/C17H14FNO3/c18-13-6-2-4-8-16(13)22-11-17(21)19-10-9-15(20)12-5-1-3-7-14(12)19/h1-8H,9-11H2. The van der Waals surface area contributed by atoms with Gasteiger partial charge in [0.05, 0.1) is 5.69 Å². The third kappa shape index (κ3) is 2.70. The number of rotatable bonds is 3. The molecule has 1 heterocycles. The molecule has 0 N–H and O–H groups in total. The molecule has 0 spiro atoms. The van der Waals surface area contributed by atoms with Crippen LogP contribution in [0.25, 0.3) is 0 Å². The van der Waals surface area contributed by atoms with Crippen LogP contribution in [0.3, 0.4) is 0 Å². The summed E-state index contributed by atoms with van der Waals surface area (Å²) in [5.41, 5.74) is 1.12. The maximum Gasteiger partial charge on any atom is 0.264 e. The van der Waals surface area contributed by atoms with Gasteiger partial charge in [-0.15, -0.1) is 0 Å². The van der Waals surface area contributed by atoms with Gasteiger partial charge in [-0.05, 0) is 24.3 Å². The Bertz CT molecular complexity index is 729. The van der Waals surface area contributed by atoms with Crippen molar-refractivity contribution in [1.82, 2.24) is 0 Å². The first-order valence-electron chi connectivity index (χ1n) is 6.97. The molecule has 1 aliphatic heterocycles. The monoisotopic (exact) mass is 299 g/mol. The van der Waals surface area contributed by atoms with Gasteiger partial charge < -0.3 is 9.64 Å². The predicted octanol–water partition coefficient (Wildman–Crippen LogP) is 2.82. The van der Waals surface area contributed by atoms with E-state index in [1.165, 1.54) is 17.0 Å². The molecule has 112 valence electrons. The first-order valence-corrected chi connectivity index (χ1v) is 6.97. The average molecular weight is 299 g/mol. The number of carbonyl (C=O) groups excluding carboxylic acids is 2. The van der Waals surface area contributed by atoms with Gasteiger partial charge in [0.25, 0.3) is 5.91 Å². The molecule has 0 bridgehead atoms. The highest BCUT2D eigenvalue weighted by Crippen LogP contribution is 2.27. The molecule has 1 aliphatic rings. The Morgan fingerprint density at radius 2 is 1.86 bits per heavy atom. The van der Waals surface area contributed by atoms with Crippen LogP contribution in [0, 0.1) is 5.82 Å². The molecular formula is C17H14FNO3. The second-order valence-electron chi connectivity index (χ2n) is 4.95. The van der Waals surface area contributed by atoms with Gasteiger partial charge in [0.15, 0.2) is 24.0 Å². The fraction of sp³-hybridized carbons (Fsp3) is 0.176. The Hall–Kier alpha value is -2.69. The fourth-order valence-electron chi connectivity index (χ4n) is 2.45. The van der Waals surface area contributed by atoms with Crippen molar-refractivity contribution in [2.24, 2.45) is 0 Å². The molecule has 0 saturated carbocycles. The van der Waals surface area contributed by atoms with Gasteiger partial charge >= 0.3 is 0 Å². The fourth-order valence-corrected chi connectivity index (χ4v) is 2.45. The van der Waals surface area contributed by atoms with E-state index in [1.54, 1.807) is 36.4 Å². The minimum absolute atomic E-state index is 0.0228. The molecule has 5 heteroatoms. The van der Waals surface area contributed by atoms with Gasteiger partial charge in [-0.25, -0.2) is 4.39 Å². The summed E-state index contributed by atoms with van der Waals surface area (Å²) in [6, 6.07) is 12.9. The maximum absolute atomic E-state index is 13.5. The Labute approximate surface area is 127 Å². The number of nitrogens with zero attached hydrogens (tertiary/aromatic N) is 1. The number of ether oxygens (including phenoxy) is 1. The number of para-hydroxylation sites is 2. The molecule has 3 rings (SSSR count). The lowest BCUT2D eigenvalue weighted by Crippen LogP contribution is -2.40. The van der Waals surface area contributed by atoms with Crippen LogP contribution in [0.2, 0.25) is 0 Å². The van der Waals surface area contributed by atoms with Gasteiger partial charge in [-0.2, -0.15) is 0 Å². The number of halogens is 1. The van der Waals surface area contributed by atoms with Crippen LogP contribution in [-0.2, 0) is 4.79 Å². The van der Waals surface area contributed by atoms with Crippen molar-refractivity contribution >= 4 is 17.4 Å². The SMILES string of the molecule is O=C1CCN(C(=O)COc2ccccc2F)c2ccccc21. The number of fused-ring (bicyclic) bond motifs is 1. The quantitative estimate of drug-likeness (QED) is 0.875.